The lowest BCUT2D eigenvalue weighted by atomic mass is 10.1. The topological polar surface area (TPSA) is 39.9 Å². The Hall–Kier alpha value is -1.38. The lowest BCUT2D eigenvalue weighted by Crippen LogP contribution is -2.33. The minimum atomic E-state index is 0.725. The number of nitrogens with zero attached hydrogens (tertiary/aromatic N) is 3. The maximum absolute atomic E-state index is 9.59. The highest BCUT2D eigenvalue weighted by Crippen LogP contribution is 2.35. The quantitative estimate of drug-likeness (QED) is 0.795. The van der Waals surface area contributed by atoms with E-state index in [0.717, 1.165) is 51.8 Å². The van der Waals surface area contributed by atoms with Gasteiger partial charge in [0.15, 0.2) is 0 Å². The van der Waals surface area contributed by atoms with Gasteiger partial charge in [-0.15, -0.1) is 11.8 Å². The van der Waals surface area contributed by atoms with Gasteiger partial charge in [-0.05, 0) is 12.3 Å². The molecule has 0 bridgehead atoms. The number of pyridine rings is 1. The Balaban J connectivity index is 2.27. The number of hydrogen-bond donors (Lipinski definition) is 0. The second-order valence-electron chi connectivity index (χ2n) is 4.57. The number of fused-ring (bicyclic) bond motifs is 1. The zero-order valence-electron chi connectivity index (χ0n) is 11.3. The van der Waals surface area contributed by atoms with Crippen LogP contribution < -0.4 is 4.90 Å². The molecule has 0 aliphatic carbocycles. The number of anilines is 1. The minimum absolute atomic E-state index is 0.725. The average molecular weight is 301 g/mol. The summed E-state index contributed by atoms with van der Waals surface area (Å²) < 4.78 is 0. The van der Waals surface area contributed by atoms with E-state index in [1.54, 1.807) is 11.8 Å². The Bertz CT molecular complexity index is 673. The number of rotatable bonds is 2. The molecule has 1 aromatic heterocycles. The summed E-state index contributed by atoms with van der Waals surface area (Å²) in [7, 11) is 0. The minimum Gasteiger partial charge on any atom is -0.368 e. The molecular formula is C15H15N3S2. The highest BCUT2D eigenvalue weighted by molar-refractivity contribution is 7.99. The average Bonchev–Trinajstić information content (AvgIpc) is 2.53. The van der Waals surface area contributed by atoms with Gasteiger partial charge in [0.05, 0.1) is 11.2 Å². The van der Waals surface area contributed by atoms with Gasteiger partial charge < -0.3 is 4.90 Å². The predicted octanol–water partition coefficient (Wildman–Crippen LogP) is 3.38. The molecule has 0 N–H and O–H groups in total. The lowest BCUT2D eigenvalue weighted by Gasteiger charge is -2.30. The molecular weight excluding hydrogens is 286 g/mol. The standard InChI is InChI=1S/C15H15N3S2/c1-19-15-12(10-16)14(18-6-8-20-9-7-18)11-4-2-3-5-13(11)17-15/h2-5H,6-9H2,1H3. The first-order valence-corrected chi connectivity index (χ1v) is 8.92. The van der Waals surface area contributed by atoms with E-state index in [4.69, 9.17) is 0 Å². The molecule has 1 saturated heterocycles. The van der Waals surface area contributed by atoms with E-state index < -0.39 is 0 Å². The molecule has 0 radical (unpaired) electrons. The highest BCUT2D eigenvalue weighted by atomic mass is 32.2. The summed E-state index contributed by atoms with van der Waals surface area (Å²) in [6, 6.07) is 10.5. The summed E-state index contributed by atoms with van der Waals surface area (Å²) in [5.74, 6) is 2.24. The third kappa shape index (κ3) is 2.34. The van der Waals surface area contributed by atoms with Gasteiger partial charge in [0, 0.05) is 30.0 Å². The Morgan fingerprint density at radius 2 is 2.05 bits per heavy atom. The van der Waals surface area contributed by atoms with Crippen molar-refractivity contribution in [3.05, 3.63) is 29.8 Å². The van der Waals surface area contributed by atoms with Gasteiger partial charge >= 0.3 is 0 Å². The van der Waals surface area contributed by atoms with Crippen molar-refractivity contribution in [2.75, 3.05) is 35.8 Å². The van der Waals surface area contributed by atoms with Crippen LogP contribution in [0.25, 0.3) is 10.9 Å². The van der Waals surface area contributed by atoms with Crippen molar-refractivity contribution in [3.8, 4) is 6.07 Å². The van der Waals surface area contributed by atoms with E-state index in [1.165, 1.54) is 0 Å². The molecule has 3 nitrogen and oxygen atoms in total. The monoisotopic (exact) mass is 301 g/mol. The maximum atomic E-state index is 9.59. The van der Waals surface area contributed by atoms with E-state index in [1.807, 2.05) is 36.2 Å². The fourth-order valence-electron chi connectivity index (χ4n) is 2.54. The zero-order valence-corrected chi connectivity index (χ0v) is 12.9. The molecule has 102 valence electrons. The predicted molar refractivity (Wildman–Crippen MR) is 87.8 cm³/mol. The van der Waals surface area contributed by atoms with Crippen LogP contribution in [0.2, 0.25) is 0 Å². The highest BCUT2D eigenvalue weighted by Gasteiger charge is 2.21. The summed E-state index contributed by atoms with van der Waals surface area (Å²) in [4.78, 5) is 6.97. The molecule has 2 aromatic rings. The molecule has 3 rings (SSSR count). The van der Waals surface area contributed by atoms with Crippen LogP contribution in [0.4, 0.5) is 5.69 Å². The summed E-state index contributed by atoms with van der Waals surface area (Å²) in [5.41, 5.74) is 2.77. The van der Waals surface area contributed by atoms with Crippen LogP contribution in [-0.2, 0) is 0 Å². The second-order valence-corrected chi connectivity index (χ2v) is 6.59. The second kappa shape index (κ2) is 5.94. The fourth-order valence-corrected chi connectivity index (χ4v) is 3.98. The molecule has 2 heterocycles. The number of thioether (sulfide) groups is 2. The SMILES string of the molecule is CSc1nc2ccccc2c(N2CCSCC2)c1C#N. The van der Waals surface area contributed by atoms with Crippen molar-refractivity contribution in [1.82, 2.24) is 4.98 Å². The summed E-state index contributed by atoms with van der Waals surface area (Å²) in [5, 5.41) is 11.5. The molecule has 1 aliphatic rings. The Kier molecular flexibility index (Phi) is 4.04. The molecule has 0 spiro atoms. The largest absolute Gasteiger partial charge is 0.368 e. The van der Waals surface area contributed by atoms with Gasteiger partial charge in [-0.2, -0.15) is 17.0 Å². The van der Waals surface area contributed by atoms with Crippen molar-refractivity contribution >= 4 is 40.1 Å². The first-order valence-electron chi connectivity index (χ1n) is 6.54. The van der Waals surface area contributed by atoms with Crippen LogP contribution in [-0.4, -0.2) is 35.8 Å². The van der Waals surface area contributed by atoms with E-state index in [-0.39, 0.29) is 0 Å². The smallest absolute Gasteiger partial charge is 0.116 e. The van der Waals surface area contributed by atoms with Crippen LogP contribution in [0.3, 0.4) is 0 Å². The Morgan fingerprint density at radius 1 is 1.30 bits per heavy atom. The normalized spacial score (nSPS) is 15.3. The van der Waals surface area contributed by atoms with Crippen molar-refractivity contribution in [2.24, 2.45) is 0 Å². The summed E-state index contributed by atoms with van der Waals surface area (Å²) in [6.45, 7) is 2.00. The Morgan fingerprint density at radius 3 is 2.75 bits per heavy atom. The summed E-state index contributed by atoms with van der Waals surface area (Å²) >= 11 is 3.52. The zero-order chi connectivity index (χ0) is 13.9. The molecule has 1 aliphatic heterocycles. The van der Waals surface area contributed by atoms with Crippen LogP contribution >= 0.6 is 23.5 Å². The third-order valence-electron chi connectivity index (χ3n) is 3.46. The van der Waals surface area contributed by atoms with Gasteiger partial charge in [-0.25, -0.2) is 4.98 Å². The number of aromatic nitrogens is 1. The summed E-state index contributed by atoms with van der Waals surface area (Å²) in [6.07, 6.45) is 1.98. The molecule has 5 heteroatoms. The van der Waals surface area contributed by atoms with Crippen molar-refractivity contribution < 1.29 is 0 Å². The molecule has 0 unspecified atom stereocenters. The molecule has 1 aromatic carbocycles. The number of hydrogen-bond acceptors (Lipinski definition) is 5. The van der Waals surface area contributed by atoms with Crippen LogP contribution in [0.1, 0.15) is 5.56 Å². The molecule has 0 atom stereocenters. The fraction of sp³-hybridized carbons (Fsp3) is 0.333. The van der Waals surface area contributed by atoms with Crippen molar-refractivity contribution in [3.63, 3.8) is 0 Å². The first-order chi connectivity index (χ1) is 9.85. The van der Waals surface area contributed by atoms with Gasteiger partial charge in [0.25, 0.3) is 0 Å². The van der Waals surface area contributed by atoms with E-state index in [0.29, 0.717) is 0 Å². The van der Waals surface area contributed by atoms with Gasteiger partial charge in [-0.3, -0.25) is 0 Å². The van der Waals surface area contributed by atoms with Crippen LogP contribution in [0.5, 0.6) is 0 Å². The molecule has 1 fully saturated rings. The molecule has 0 saturated carbocycles. The van der Waals surface area contributed by atoms with Crippen LogP contribution in [0, 0.1) is 11.3 Å². The van der Waals surface area contributed by atoms with Crippen molar-refractivity contribution in [1.29, 1.82) is 5.26 Å². The maximum Gasteiger partial charge on any atom is 0.116 e. The van der Waals surface area contributed by atoms with Gasteiger partial charge in [0.1, 0.15) is 16.7 Å². The van der Waals surface area contributed by atoms with Gasteiger partial charge in [-0.1, -0.05) is 18.2 Å². The molecule has 0 amide bonds. The van der Waals surface area contributed by atoms with E-state index >= 15 is 0 Å². The molecule has 20 heavy (non-hydrogen) atoms. The van der Waals surface area contributed by atoms with Gasteiger partial charge in [0.2, 0.25) is 0 Å². The van der Waals surface area contributed by atoms with E-state index in [2.05, 4.69) is 22.0 Å². The number of para-hydroxylation sites is 1. The van der Waals surface area contributed by atoms with Crippen molar-refractivity contribution in [2.45, 2.75) is 5.03 Å². The third-order valence-corrected chi connectivity index (χ3v) is 5.09. The first kappa shape index (κ1) is 13.6. The lowest BCUT2D eigenvalue weighted by molar-refractivity contribution is 0.856. The Labute approximate surface area is 127 Å². The number of benzene rings is 1. The van der Waals surface area contributed by atoms with E-state index in [9.17, 15) is 5.26 Å². The number of nitriles is 1. The van der Waals surface area contributed by atoms with Crippen LogP contribution in [0.15, 0.2) is 29.3 Å².